The first kappa shape index (κ1) is 24.8. The Morgan fingerprint density at radius 3 is 2.21 bits per heavy atom. The van der Waals surface area contributed by atoms with Crippen LogP contribution in [0.2, 0.25) is 0 Å². The van der Waals surface area contributed by atoms with Gasteiger partial charge in [0.15, 0.2) is 0 Å². The highest BCUT2D eigenvalue weighted by atomic mass is 16.5. The molecule has 0 aromatic heterocycles. The van der Waals surface area contributed by atoms with Gasteiger partial charge in [-0.15, -0.1) is 0 Å². The monoisotopic (exact) mass is 451 g/mol. The molecule has 0 N–H and O–H groups in total. The van der Waals surface area contributed by atoms with Crippen molar-refractivity contribution in [1.82, 2.24) is 14.7 Å². The van der Waals surface area contributed by atoms with Crippen LogP contribution in [0.5, 0.6) is 5.75 Å². The summed E-state index contributed by atoms with van der Waals surface area (Å²) in [6.07, 6.45) is 2.38. The molecule has 1 heterocycles. The Kier molecular flexibility index (Phi) is 9.31. The molecular weight excluding hydrogens is 414 g/mol. The predicted octanol–water partition coefficient (Wildman–Crippen LogP) is 3.71. The van der Waals surface area contributed by atoms with Gasteiger partial charge in [-0.25, -0.2) is 0 Å². The Balaban J connectivity index is 1.39. The van der Waals surface area contributed by atoms with Crippen LogP contribution in [0.15, 0.2) is 54.6 Å². The van der Waals surface area contributed by atoms with Crippen molar-refractivity contribution in [1.29, 1.82) is 0 Å². The van der Waals surface area contributed by atoms with Crippen molar-refractivity contribution in [2.45, 2.75) is 39.2 Å². The van der Waals surface area contributed by atoms with Gasteiger partial charge in [-0.1, -0.05) is 37.3 Å². The van der Waals surface area contributed by atoms with Gasteiger partial charge in [-0.05, 0) is 62.7 Å². The Morgan fingerprint density at radius 1 is 0.970 bits per heavy atom. The molecule has 2 aromatic carbocycles. The van der Waals surface area contributed by atoms with Gasteiger partial charge in [-0.3, -0.25) is 9.59 Å². The number of carbonyl (C=O) groups is 2. The van der Waals surface area contributed by atoms with Crippen molar-refractivity contribution in [3.8, 4) is 5.75 Å². The van der Waals surface area contributed by atoms with E-state index in [0.29, 0.717) is 44.2 Å². The molecule has 0 radical (unpaired) electrons. The summed E-state index contributed by atoms with van der Waals surface area (Å²) in [6.45, 7) is 8.72. The SMILES string of the molecule is CCN(CCCC(=O)N1CCN(C(=O)c2ccccc2)CC1)C(C)Cc1ccc(OC)cc1. The minimum atomic E-state index is 0.0483. The zero-order chi connectivity index (χ0) is 23.6. The predicted molar refractivity (Wildman–Crippen MR) is 132 cm³/mol. The molecule has 3 rings (SSSR count). The quantitative estimate of drug-likeness (QED) is 0.553. The number of ether oxygens (including phenoxy) is 1. The fraction of sp³-hybridized carbons (Fsp3) is 0.481. The molecular formula is C27H37N3O3. The number of rotatable bonds is 10. The van der Waals surface area contributed by atoms with Gasteiger partial charge in [0.25, 0.3) is 5.91 Å². The largest absolute Gasteiger partial charge is 0.497 e. The Hall–Kier alpha value is -2.86. The third kappa shape index (κ3) is 7.06. The number of methoxy groups -OCH3 is 1. The highest BCUT2D eigenvalue weighted by molar-refractivity contribution is 5.94. The second kappa shape index (κ2) is 12.4. The maximum atomic E-state index is 12.7. The van der Waals surface area contributed by atoms with Crippen LogP contribution in [0.25, 0.3) is 0 Å². The molecule has 2 aromatic rings. The third-order valence-corrected chi connectivity index (χ3v) is 6.50. The lowest BCUT2D eigenvalue weighted by Gasteiger charge is -2.35. The molecule has 1 unspecified atom stereocenters. The summed E-state index contributed by atoms with van der Waals surface area (Å²) in [5.41, 5.74) is 2.00. The number of carbonyl (C=O) groups excluding carboxylic acids is 2. The molecule has 0 aliphatic carbocycles. The van der Waals surface area contributed by atoms with E-state index < -0.39 is 0 Å². The van der Waals surface area contributed by atoms with E-state index in [1.165, 1.54) is 5.56 Å². The zero-order valence-corrected chi connectivity index (χ0v) is 20.2. The van der Waals surface area contributed by atoms with E-state index in [1.807, 2.05) is 52.3 Å². The molecule has 0 bridgehead atoms. The topological polar surface area (TPSA) is 53.1 Å². The summed E-state index contributed by atoms with van der Waals surface area (Å²) in [5, 5.41) is 0. The maximum absolute atomic E-state index is 12.7. The highest BCUT2D eigenvalue weighted by Gasteiger charge is 2.24. The fourth-order valence-corrected chi connectivity index (χ4v) is 4.44. The molecule has 0 saturated carbocycles. The van der Waals surface area contributed by atoms with Crippen molar-refractivity contribution in [2.75, 3.05) is 46.4 Å². The van der Waals surface area contributed by atoms with Gasteiger partial charge in [-0.2, -0.15) is 0 Å². The van der Waals surface area contributed by atoms with Crippen LogP contribution in [-0.4, -0.2) is 78.9 Å². The highest BCUT2D eigenvalue weighted by Crippen LogP contribution is 2.15. The second-order valence-electron chi connectivity index (χ2n) is 8.67. The summed E-state index contributed by atoms with van der Waals surface area (Å²) < 4.78 is 5.24. The Labute approximate surface area is 198 Å². The van der Waals surface area contributed by atoms with Crippen LogP contribution in [0.1, 0.15) is 42.6 Å². The molecule has 6 heteroatoms. The number of piperazine rings is 1. The van der Waals surface area contributed by atoms with Crippen LogP contribution in [0, 0.1) is 0 Å². The average Bonchev–Trinajstić information content (AvgIpc) is 2.87. The van der Waals surface area contributed by atoms with E-state index >= 15 is 0 Å². The van der Waals surface area contributed by atoms with Gasteiger partial charge in [0.1, 0.15) is 5.75 Å². The molecule has 1 aliphatic rings. The first-order valence-corrected chi connectivity index (χ1v) is 12.0. The van der Waals surface area contributed by atoms with Crippen molar-refractivity contribution in [3.05, 3.63) is 65.7 Å². The van der Waals surface area contributed by atoms with Crippen molar-refractivity contribution >= 4 is 11.8 Å². The molecule has 1 fully saturated rings. The van der Waals surface area contributed by atoms with Gasteiger partial charge in [0, 0.05) is 44.2 Å². The Morgan fingerprint density at radius 2 is 1.61 bits per heavy atom. The summed E-state index contributed by atoms with van der Waals surface area (Å²) in [5.74, 6) is 1.12. The molecule has 1 aliphatic heterocycles. The summed E-state index contributed by atoms with van der Waals surface area (Å²) in [4.78, 5) is 31.5. The van der Waals surface area contributed by atoms with E-state index in [-0.39, 0.29) is 11.8 Å². The van der Waals surface area contributed by atoms with Crippen LogP contribution in [0.4, 0.5) is 0 Å². The molecule has 1 atom stereocenters. The molecule has 2 amide bonds. The van der Waals surface area contributed by atoms with Crippen molar-refractivity contribution in [2.24, 2.45) is 0 Å². The molecule has 6 nitrogen and oxygen atoms in total. The lowest BCUT2D eigenvalue weighted by Crippen LogP contribution is -2.50. The lowest BCUT2D eigenvalue weighted by atomic mass is 10.1. The molecule has 0 spiro atoms. The van der Waals surface area contributed by atoms with E-state index in [2.05, 4.69) is 30.9 Å². The van der Waals surface area contributed by atoms with Gasteiger partial charge >= 0.3 is 0 Å². The number of benzene rings is 2. The van der Waals surface area contributed by atoms with Crippen LogP contribution >= 0.6 is 0 Å². The molecule has 178 valence electrons. The van der Waals surface area contributed by atoms with Crippen molar-refractivity contribution < 1.29 is 14.3 Å². The summed E-state index contributed by atoms with van der Waals surface area (Å²) in [7, 11) is 1.68. The second-order valence-corrected chi connectivity index (χ2v) is 8.67. The van der Waals surface area contributed by atoms with E-state index in [1.54, 1.807) is 7.11 Å². The normalized spacial score (nSPS) is 14.9. The van der Waals surface area contributed by atoms with Crippen LogP contribution in [0.3, 0.4) is 0 Å². The number of likely N-dealkylation sites (N-methyl/N-ethyl adjacent to an activating group) is 1. The first-order chi connectivity index (χ1) is 16.0. The number of hydrogen-bond acceptors (Lipinski definition) is 4. The number of nitrogens with zero attached hydrogens (tertiary/aromatic N) is 3. The minimum Gasteiger partial charge on any atom is -0.497 e. The molecule has 1 saturated heterocycles. The maximum Gasteiger partial charge on any atom is 0.253 e. The summed E-state index contributed by atoms with van der Waals surface area (Å²) in [6, 6.07) is 18.0. The number of amides is 2. The standard InChI is InChI=1S/C27H37N3O3/c1-4-28(22(2)21-23-12-14-25(33-3)15-13-23)16-8-11-26(31)29-17-19-30(20-18-29)27(32)24-9-6-5-7-10-24/h5-7,9-10,12-15,22H,4,8,11,16-21H2,1-3H3. The van der Waals surface area contributed by atoms with E-state index in [0.717, 1.165) is 31.7 Å². The summed E-state index contributed by atoms with van der Waals surface area (Å²) >= 11 is 0. The average molecular weight is 452 g/mol. The fourth-order valence-electron chi connectivity index (χ4n) is 4.44. The van der Waals surface area contributed by atoms with Gasteiger partial charge in [0.05, 0.1) is 7.11 Å². The number of hydrogen-bond donors (Lipinski definition) is 0. The van der Waals surface area contributed by atoms with Gasteiger partial charge in [0.2, 0.25) is 5.91 Å². The first-order valence-electron chi connectivity index (χ1n) is 12.0. The van der Waals surface area contributed by atoms with E-state index in [4.69, 9.17) is 4.74 Å². The smallest absolute Gasteiger partial charge is 0.253 e. The van der Waals surface area contributed by atoms with Crippen molar-refractivity contribution in [3.63, 3.8) is 0 Å². The third-order valence-electron chi connectivity index (χ3n) is 6.50. The van der Waals surface area contributed by atoms with Crippen LogP contribution < -0.4 is 4.74 Å². The molecule has 33 heavy (non-hydrogen) atoms. The van der Waals surface area contributed by atoms with Crippen LogP contribution in [-0.2, 0) is 11.2 Å². The minimum absolute atomic E-state index is 0.0483. The lowest BCUT2D eigenvalue weighted by molar-refractivity contribution is -0.132. The van der Waals surface area contributed by atoms with E-state index in [9.17, 15) is 9.59 Å². The Bertz CT molecular complexity index is 877. The zero-order valence-electron chi connectivity index (χ0n) is 20.2. The van der Waals surface area contributed by atoms with Gasteiger partial charge < -0.3 is 19.4 Å².